The number of carbonyl (C=O) groups excluding carboxylic acids is 1. The standard InChI is InChI=1S/C23H21F2N5O2/c1-11-15(16-10-30(3)22-18(16)21(26)27-12(2)28-22)7-8-17(19(11)25)29-23(32)20(31)13-5-4-6-14(24)9-13/h4-10,20,31H,1-3H3,(H,29,32)(H2,26,27,28)/t20-/m1/s1. The SMILES string of the molecule is Cc1nc(N)c2c(-c3ccc(NC(=O)[C@H](O)c4cccc(F)c4)c(F)c3C)cn(C)c2n1. The Hall–Kier alpha value is -3.85. The van der Waals surface area contributed by atoms with Gasteiger partial charge in [0.1, 0.15) is 28.9 Å². The van der Waals surface area contributed by atoms with Crippen LogP contribution in [0.15, 0.2) is 42.6 Å². The van der Waals surface area contributed by atoms with E-state index in [0.717, 1.165) is 6.07 Å². The number of halogens is 2. The van der Waals surface area contributed by atoms with Gasteiger partial charge in [-0.2, -0.15) is 0 Å². The average Bonchev–Trinajstić information content (AvgIpc) is 3.07. The lowest BCUT2D eigenvalue weighted by molar-refractivity contribution is -0.124. The largest absolute Gasteiger partial charge is 0.383 e. The molecule has 0 radical (unpaired) electrons. The van der Waals surface area contributed by atoms with Gasteiger partial charge in [-0.25, -0.2) is 18.7 Å². The summed E-state index contributed by atoms with van der Waals surface area (Å²) < 4.78 is 30.4. The van der Waals surface area contributed by atoms with Gasteiger partial charge in [0, 0.05) is 18.8 Å². The van der Waals surface area contributed by atoms with Gasteiger partial charge in [-0.1, -0.05) is 18.2 Å². The number of hydrogen-bond acceptors (Lipinski definition) is 5. The molecule has 4 N–H and O–H groups in total. The maximum atomic E-state index is 15.2. The number of nitrogens with one attached hydrogen (secondary N) is 1. The van der Waals surface area contributed by atoms with Crippen LogP contribution in [0.25, 0.3) is 22.2 Å². The normalized spacial score (nSPS) is 12.2. The van der Waals surface area contributed by atoms with Crippen molar-refractivity contribution >= 4 is 28.4 Å². The minimum absolute atomic E-state index is 0.0674. The Balaban J connectivity index is 1.69. The number of benzene rings is 2. The molecule has 1 atom stereocenters. The van der Waals surface area contributed by atoms with Crippen LogP contribution in [0, 0.1) is 25.5 Å². The van der Waals surface area contributed by atoms with Gasteiger partial charge in [-0.3, -0.25) is 4.79 Å². The van der Waals surface area contributed by atoms with E-state index in [4.69, 9.17) is 5.73 Å². The van der Waals surface area contributed by atoms with E-state index < -0.39 is 23.6 Å². The van der Waals surface area contributed by atoms with Gasteiger partial charge in [-0.05, 0) is 48.7 Å². The second kappa shape index (κ2) is 8.01. The summed E-state index contributed by atoms with van der Waals surface area (Å²) in [6.07, 6.45) is 0.145. The molecular weight excluding hydrogens is 416 g/mol. The lowest BCUT2D eigenvalue weighted by Gasteiger charge is -2.15. The Morgan fingerprint density at radius 1 is 1.16 bits per heavy atom. The van der Waals surface area contributed by atoms with Crippen molar-refractivity contribution in [1.29, 1.82) is 0 Å². The number of fused-ring (bicyclic) bond motifs is 1. The molecule has 2 heterocycles. The number of nitrogens with two attached hydrogens (primary N) is 1. The number of carbonyl (C=O) groups is 1. The summed E-state index contributed by atoms with van der Waals surface area (Å²) in [5.74, 6) is -1.31. The van der Waals surface area contributed by atoms with E-state index in [0.29, 0.717) is 33.8 Å². The number of amides is 1. The predicted octanol–water partition coefficient (Wildman–Crippen LogP) is 3.78. The average molecular weight is 437 g/mol. The second-order valence-corrected chi connectivity index (χ2v) is 7.55. The molecule has 4 rings (SSSR count). The van der Waals surface area contributed by atoms with Crippen molar-refractivity contribution in [2.75, 3.05) is 11.1 Å². The molecule has 4 aromatic rings. The summed E-state index contributed by atoms with van der Waals surface area (Å²) in [4.78, 5) is 21.0. The van der Waals surface area contributed by atoms with Crippen LogP contribution in [0.4, 0.5) is 20.3 Å². The molecule has 0 fully saturated rings. The minimum atomic E-state index is -1.65. The smallest absolute Gasteiger partial charge is 0.257 e. The zero-order chi connectivity index (χ0) is 23.2. The van der Waals surface area contributed by atoms with Crippen LogP contribution in [-0.2, 0) is 11.8 Å². The van der Waals surface area contributed by atoms with Crippen molar-refractivity contribution in [3.63, 3.8) is 0 Å². The molecule has 1 amide bonds. The van der Waals surface area contributed by atoms with E-state index in [9.17, 15) is 14.3 Å². The maximum Gasteiger partial charge on any atom is 0.257 e. The highest BCUT2D eigenvalue weighted by Gasteiger charge is 2.22. The van der Waals surface area contributed by atoms with Gasteiger partial charge in [-0.15, -0.1) is 0 Å². The summed E-state index contributed by atoms with van der Waals surface area (Å²) in [5.41, 5.74) is 8.21. The summed E-state index contributed by atoms with van der Waals surface area (Å²) in [6, 6.07) is 8.08. The van der Waals surface area contributed by atoms with Crippen molar-refractivity contribution < 1.29 is 18.7 Å². The molecule has 0 bridgehead atoms. The molecule has 0 saturated carbocycles. The van der Waals surface area contributed by atoms with Crippen molar-refractivity contribution in [2.45, 2.75) is 20.0 Å². The first-order valence-electron chi connectivity index (χ1n) is 9.80. The van der Waals surface area contributed by atoms with E-state index in [2.05, 4.69) is 15.3 Å². The molecule has 0 aliphatic rings. The van der Waals surface area contributed by atoms with E-state index in [1.165, 1.54) is 24.3 Å². The zero-order valence-corrected chi connectivity index (χ0v) is 17.6. The summed E-state index contributed by atoms with van der Waals surface area (Å²) in [5, 5.41) is 13.2. The Kier molecular flexibility index (Phi) is 5.35. The van der Waals surface area contributed by atoms with E-state index in [1.807, 2.05) is 7.05 Å². The minimum Gasteiger partial charge on any atom is -0.383 e. The number of nitrogen functional groups attached to an aromatic ring is 1. The Labute approximate surface area is 182 Å². The molecular formula is C23H21F2N5O2. The highest BCUT2D eigenvalue weighted by Crippen LogP contribution is 2.36. The number of aliphatic hydroxyl groups is 1. The maximum absolute atomic E-state index is 15.2. The van der Waals surface area contributed by atoms with Gasteiger partial charge in [0.2, 0.25) is 0 Å². The highest BCUT2D eigenvalue weighted by atomic mass is 19.1. The van der Waals surface area contributed by atoms with Gasteiger partial charge < -0.3 is 20.7 Å². The van der Waals surface area contributed by atoms with E-state index in [1.54, 1.807) is 30.7 Å². The van der Waals surface area contributed by atoms with Crippen LogP contribution in [0.1, 0.15) is 23.1 Å². The summed E-state index contributed by atoms with van der Waals surface area (Å²) >= 11 is 0. The van der Waals surface area contributed by atoms with Crippen LogP contribution in [0.2, 0.25) is 0 Å². The van der Waals surface area contributed by atoms with Crippen LogP contribution >= 0.6 is 0 Å². The third-order valence-corrected chi connectivity index (χ3v) is 5.30. The highest BCUT2D eigenvalue weighted by molar-refractivity contribution is 6.02. The monoisotopic (exact) mass is 437 g/mol. The lowest BCUT2D eigenvalue weighted by atomic mass is 9.99. The lowest BCUT2D eigenvalue weighted by Crippen LogP contribution is -2.21. The molecule has 2 aromatic heterocycles. The molecule has 164 valence electrons. The van der Waals surface area contributed by atoms with E-state index in [-0.39, 0.29) is 16.8 Å². The Morgan fingerprint density at radius 2 is 1.91 bits per heavy atom. The number of aryl methyl sites for hydroxylation is 2. The van der Waals surface area contributed by atoms with Gasteiger partial charge in [0.05, 0.1) is 11.1 Å². The molecule has 9 heteroatoms. The second-order valence-electron chi connectivity index (χ2n) is 7.55. The Bertz CT molecular complexity index is 1370. The van der Waals surface area contributed by atoms with Gasteiger partial charge >= 0.3 is 0 Å². The summed E-state index contributed by atoms with van der Waals surface area (Å²) in [7, 11) is 1.81. The first-order valence-corrected chi connectivity index (χ1v) is 9.80. The zero-order valence-electron chi connectivity index (χ0n) is 17.6. The van der Waals surface area contributed by atoms with Crippen LogP contribution in [0.5, 0.6) is 0 Å². The Morgan fingerprint density at radius 3 is 2.62 bits per heavy atom. The molecule has 0 aliphatic heterocycles. The number of aliphatic hydroxyl groups excluding tert-OH is 1. The third kappa shape index (κ3) is 3.67. The number of rotatable bonds is 4. The number of aromatic nitrogens is 3. The topological polar surface area (TPSA) is 106 Å². The number of hydrogen-bond donors (Lipinski definition) is 3. The number of nitrogens with zero attached hydrogens (tertiary/aromatic N) is 3. The van der Waals surface area contributed by atoms with Crippen LogP contribution in [-0.4, -0.2) is 25.5 Å². The molecule has 7 nitrogen and oxygen atoms in total. The summed E-state index contributed by atoms with van der Waals surface area (Å²) in [6.45, 7) is 3.32. The number of anilines is 2. The molecule has 32 heavy (non-hydrogen) atoms. The van der Waals surface area contributed by atoms with Crippen molar-refractivity contribution in [2.24, 2.45) is 7.05 Å². The van der Waals surface area contributed by atoms with Crippen LogP contribution in [0.3, 0.4) is 0 Å². The quantitative estimate of drug-likeness (QED) is 0.451. The van der Waals surface area contributed by atoms with Crippen molar-refractivity contribution in [3.05, 3.63) is 71.2 Å². The first kappa shape index (κ1) is 21.4. The molecule has 0 spiro atoms. The first-order chi connectivity index (χ1) is 15.2. The van der Waals surface area contributed by atoms with Crippen molar-refractivity contribution in [1.82, 2.24) is 14.5 Å². The fourth-order valence-corrected chi connectivity index (χ4v) is 3.72. The van der Waals surface area contributed by atoms with E-state index >= 15 is 4.39 Å². The molecule has 2 aromatic carbocycles. The van der Waals surface area contributed by atoms with Crippen LogP contribution < -0.4 is 11.1 Å². The van der Waals surface area contributed by atoms with Gasteiger partial charge in [0.15, 0.2) is 6.10 Å². The van der Waals surface area contributed by atoms with Crippen molar-refractivity contribution in [3.8, 4) is 11.1 Å². The molecule has 0 unspecified atom stereocenters. The van der Waals surface area contributed by atoms with Gasteiger partial charge in [0.25, 0.3) is 5.91 Å². The fraction of sp³-hybridized carbons (Fsp3) is 0.174. The molecule has 0 saturated heterocycles. The molecule has 0 aliphatic carbocycles. The fourth-order valence-electron chi connectivity index (χ4n) is 3.72. The predicted molar refractivity (Wildman–Crippen MR) is 118 cm³/mol. The third-order valence-electron chi connectivity index (χ3n) is 5.30.